The first-order chi connectivity index (χ1) is 8.46. The Morgan fingerprint density at radius 3 is 2.89 bits per heavy atom. The second-order valence-corrected chi connectivity index (χ2v) is 5.36. The van der Waals surface area contributed by atoms with Crippen LogP contribution in [0.25, 0.3) is 0 Å². The molecule has 2 N–H and O–H groups in total. The van der Waals surface area contributed by atoms with Gasteiger partial charge in [-0.3, -0.25) is 4.57 Å². The smallest absolute Gasteiger partial charge is 0.370 e. The number of hydrogen-bond acceptors (Lipinski definition) is 4. The average Bonchev–Trinajstić information content (AvgIpc) is 2.29. The van der Waals surface area contributed by atoms with Crippen molar-refractivity contribution in [2.24, 2.45) is 0 Å². The highest BCUT2D eigenvalue weighted by atomic mass is 31.2. The lowest BCUT2D eigenvalue weighted by molar-refractivity contribution is -0.0385. The largest absolute Gasteiger partial charge is 0.481 e. The molecular formula is C11H17O6P. The molecular weight excluding hydrogens is 259 g/mol. The summed E-state index contributed by atoms with van der Waals surface area (Å²) in [5.74, 6) is -1.28. The van der Waals surface area contributed by atoms with Gasteiger partial charge < -0.3 is 24.0 Å². The van der Waals surface area contributed by atoms with Crippen LogP contribution in [0.15, 0.2) is 36.1 Å². The third kappa shape index (κ3) is 4.40. The van der Waals surface area contributed by atoms with Crippen LogP contribution in [-0.2, 0) is 18.8 Å². The Hall–Kier alpha value is -0.910. The Morgan fingerprint density at radius 1 is 1.56 bits per heavy atom. The molecule has 18 heavy (non-hydrogen) atoms. The van der Waals surface area contributed by atoms with Crippen molar-refractivity contribution < 1.29 is 28.6 Å². The van der Waals surface area contributed by atoms with Crippen molar-refractivity contribution in [1.29, 1.82) is 0 Å². The predicted molar refractivity (Wildman–Crippen MR) is 65.7 cm³/mol. The van der Waals surface area contributed by atoms with Gasteiger partial charge in [0.05, 0.1) is 19.5 Å². The highest BCUT2D eigenvalue weighted by Gasteiger charge is 2.35. The van der Waals surface area contributed by atoms with Crippen LogP contribution in [0.1, 0.15) is 6.92 Å². The fraction of sp³-hybridized carbons (Fsp3) is 0.455. The summed E-state index contributed by atoms with van der Waals surface area (Å²) in [5.41, 5.74) is 1.14. The van der Waals surface area contributed by atoms with Crippen molar-refractivity contribution in [1.82, 2.24) is 0 Å². The fourth-order valence-electron chi connectivity index (χ4n) is 1.41. The molecule has 0 aromatic heterocycles. The molecule has 0 spiro atoms. The number of ether oxygens (including phenoxy) is 3. The summed E-state index contributed by atoms with van der Waals surface area (Å²) in [6.07, 6.45) is 4.49. The highest BCUT2D eigenvalue weighted by molar-refractivity contribution is 7.52. The maximum absolute atomic E-state index is 11.3. The zero-order valence-corrected chi connectivity index (χ0v) is 11.0. The zero-order chi connectivity index (χ0) is 13.6. The van der Waals surface area contributed by atoms with E-state index in [0.29, 0.717) is 12.2 Å². The van der Waals surface area contributed by atoms with Crippen molar-refractivity contribution in [3.63, 3.8) is 0 Å². The standard InChI is InChI=1S/C11H17O6P/c1-3-5-15-8-16-7-10-9(2)4-6-17-11(10)18(12,13)14/h3-4,6,11H,1,5,7-8H2,2H3,(H2,12,13,14). The topological polar surface area (TPSA) is 85.2 Å². The van der Waals surface area contributed by atoms with Gasteiger partial charge in [0.2, 0.25) is 5.85 Å². The minimum absolute atomic E-state index is 0.0282. The summed E-state index contributed by atoms with van der Waals surface area (Å²) >= 11 is 0. The molecule has 0 aromatic carbocycles. The first-order valence-corrected chi connectivity index (χ1v) is 6.98. The van der Waals surface area contributed by atoms with Crippen LogP contribution in [-0.4, -0.2) is 35.6 Å². The Kier molecular flexibility index (Phi) is 5.78. The molecule has 0 radical (unpaired) electrons. The van der Waals surface area contributed by atoms with E-state index < -0.39 is 13.4 Å². The van der Waals surface area contributed by atoms with E-state index >= 15 is 0 Å². The highest BCUT2D eigenvalue weighted by Crippen LogP contribution is 2.47. The minimum atomic E-state index is -4.36. The summed E-state index contributed by atoms with van der Waals surface area (Å²) in [6.45, 7) is 5.65. The van der Waals surface area contributed by atoms with E-state index in [1.54, 1.807) is 19.1 Å². The summed E-state index contributed by atoms with van der Waals surface area (Å²) in [5, 5.41) is 0. The summed E-state index contributed by atoms with van der Waals surface area (Å²) in [7, 11) is -4.36. The van der Waals surface area contributed by atoms with Gasteiger partial charge in [0.1, 0.15) is 6.79 Å². The normalized spacial score (nSPS) is 19.8. The molecule has 102 valence electrons. The molecule has 6 nitrogen and oxygen atoms in total. The van der Waals surface area contributed by atoms with Gasteiger partial charge in [0.25, 0.3) is 0 Å². The first-order valence-electron chi connectivity index (χ1n) is 5.30. The molecule has 7 heteroatoms. The molecule has 1 heterocycles. The van der Waals surface area contributed by atoms with Crippen LogP contribution in [0.2, 0.25) is 0 Å². The number of allylic oxidation sites excluding steroid dienone is 2. The molecule has 1 rings (SSSR count). The summed E-state index contributed by atoms with van der Waals surface area (Å²) < 4.78 is 26.4. The Balaban J connectivity index is 2.60. The zero-order valence-electron chi connectivity index (χ0n) is 10.1. The average molecular weight is 276 g/mol. The summed E-state index contributed by atoms with van der Waals surface area (Å²) in [6, 6.07) is 0. The molecule has 1 unspecified atom stereocenters. The third-order valence-corrected chi connectivity index (χ3v) is 3.34. The summed E-state index contributed by atoms with van der Waals surface area (Å²) in [4.78, 5) is 18.4. The van der Waals surface area contributed by atoms with Crippen LogP contribution in [0.3, 0.4) is 0 Å². The first kappa shape index (κ1) is 15.1. The minimum Gasteiger partial charge on any atom is -0.481 e. The van der Waals surface area contributed by atoms with Gasteiger partial charge in [-0.25, -0.2) is 0 Å². The lowest BCUT2D eigenvalue weighted by Crippen LogP contribution is -2.21. The maximum Gasteiger partial charge on any atom is 0.370 e. The van der Waals surface area contributed by atoms with Gasteiger partial charge in [0.15, 0.2) is 0 Å². The monoisotopic (exact) mass is 276 g/mol. The SMILES string of the molecule is C=CCOCOCC1=C(C)C=COC1P(=O)(O)O. The van der Waals surface area contributed by atoms with E-state index in [2.05, 4.69) is 6.58 Å². The molecule has 0 amide bonds. The second-order valence-electron chi connectivity index (χ2n) is 3.71. The molecule has 1 atom stereocenters. The van der Waals surface area contributed by atoms with E-state index in [-0.39, 0.29) is 13.4 Å². The van der Waals surface area contributed by atoms with Crippen LogP contribution < -0.4 is 0 Å². The van der Waals surface area contributed by atoms with E-state index in [1.165, 1.54) is 6.26 Å². The van der Waals surface area contributed by atoms with Crippen LogP contribution in [0.5, 0.6) is 0 Å². The molecule has 0 saturated carbocycles. The lowest BCUT2D eigenvalue weighted by Gasteiger charge is -2.25. The molecule has 0 saturated heterocycles. The van der Waals surface area contributed by atoms with Crippen LogP contribution in [0, 0.1) is 0 Å². The van der Waals surface area contributed by atoms with Crippen molar-refractivity contribution in [3.05, 3.63) is 36.1 Å². The Labute approximate surface area is 106 Å². The van der Waals surface area contributed by atoms with E-state index in [9.17, 15) is 14.4 Å². The van der Waals surface area contributed by atoms with Gasteiger partial charge >= 0.3 is 7.60 Å². The molecule has 1 aliphatic rings. The number of rotatable bonds is 7. The van der Waals surface area contributed by atoms with Crippen molar-refractivity contribution in [2.45, 2.75) is 12.8 Å². The van der Waals surface area contributed by atoms with Gasteiger partial charge in [-0.2, -0.15) is 0 Å². The van der Waals surface area contributed by atoms with E-state index in [1.807, 2.05) is 0 Å². The van der Waals surface area contributed by atoms with Gasteiger partial charge in [-0.05, 0) is 18.6 Å². The third-order valence-electron chi connectivity index (χ3n) is 2.30. The van der Waals surface area contributed by atoms with Crippen molar-refractivity contribution in [2.75, 3.05) is 20.0 Å². The quantitative estimate of drug-likeness (QED) is 0.317. The van der Waals surface area contributed by atoms with Gasteiger partial charge in [0, 0.05) is 5.57 Å². The molecule has 0 fully saturated rings. The lowest BCUT2D eigenvalue weighted by atomic mass is 10.1. The predicted octanol–water partition coefficient (Wildman–Crippen LogP) is 1.53. The van der Waals surface area contributed by atoms with Crippen molar-refractivity contribution in [3.8, 4) is 0 Å². The second kappa shape index (κ2) is 6.87. The van der Waals surface area contributed by atoms with E-state index in [4.69, 9.17) is 14.2 Å². The Bertz CT molecular complexity index is 394. The van der Waals surface area contributed by atoms with Gasteiger partial charge in [-0.15, -0.1) is 6.58 Å². The number of hydrogen-bond donors (Lipinski definition) is 2. The fourth-order valence-corrected chi connectivity index (χ4v) is 2.32. The van der Waals surface area contributed by atoms with Crippen molar-refractivity contribution >= 4 is 7.60 Å². The Morgan fingerprint density at radius 2 is 2.28 bits per heavy atom. The van der Waals surface area contributed by atoms with Crippen LogP contribution in [0.4, 0.5) is 0 Å². The molecule has 0 aromatic rings. The molecule has 0 bridgehead atoms. The molecule has 0 aliphatic carbocycles. The van der Waals surface area contributed by atoms with Crippen LogP contribution >= 0.6 is 7.60 Å². The maximum atomic E-state index is 11.3. The van der Waals surface area contributed by atoms with E-state index in [0.717, 1.165) is 5.57 Å². The molecule has 1 aliphatic heterocycles. The van der Waals surface area contributed by atoms with Gasteiger partial charge in [-0.1, -0.05) is 6.08 Å².